The predicted molar refractivity (Wildman–Crippen MR) is 120 cm³/mol. The molecule has 4 rings (SSSR count). The summed E-state index contributed by atoms with van der Waals surface area (Å²) in [5, 5.41) is 11.0. The molecule has 1 N–H and O–H groups in total. The van der Waals surface area contributed by atoms with Crippen molar-refractivity contribution in [3.05, 3.63) is 87.4 Å². The maximum Gasteiger partial charge on any atom is 0.350 e. The number of amides is 1. The number of nitrogens with zero attached hydrogens (tertiary/aromatic N) is 2. The number of hydrogen-bond donors (Lipinski definition) is 1. The van der Waals surface area contributed by atoms with E-state index >= 15 is 0 Å². The summed E-state index contributed by atoms with van der Waals surface area (Å²) in [4.78, 5) is 44.0. The predicted octanol–water partition coefficient (Wildman–Crippen LogP) is 4.53. The molecule has 0 bridgehead atoms. The Hall–Kier alpha value is -3.92. The number of carbonyl (C=O) groups is 3. The molecule has 0 spiro atoms. The van der Waals surface area contributed by atoms with Crippen LogP contribution in [0, 0.1) is 18.6 Å². The van der Waals surface area contributed by atoms with Gasteiger partial charge in [-0.25, -0.2) is 18.6 Å². The third-order valence-corrected chi connectivity index (χ3v) is 6.34. The lowest BCUT2D eigenvalue weighted by Gasteiger charge is -2.23. The SMILES string of the molecule is CCOC(=O)c1sc(N2C(=O)C(=O)C(=C(O)c3ccc(F)cc3)[C@H]2c2ccc(F)cc2)nc1C. The fraction of sp³-hybridized carbons (Fsp3) is 0.167. The number of esters is 1. The minimum absolute atomic E-state index is 0.0372. The third-order valence-electron chi connectivity index (χ3n) is 5.20. The fourth-order valence-corrected chi connectivity index (χ4v) is 4.61. The Kier molecular flexibility index (Phi) is 6.25. The number of aryl methyl sites for hydroxylation is 1. The maximum absolute atomic E-state index is 13.6. The van der Waals surface area contributed by atoms with Crippen molar-refractivity contribution < 1.29 is 33.0 Å². The van der Waals surface area contributed by atoms with Crippen LogP contribution in [0.4, 0.5) is 13.9 Å². The molecule has 1 aliphatic heterocycles. The van der Waals surface area contributed by atoms with E-state index in [-0.39, 0.29) is 27.8 Å². The number of aromatic nitrogens is 1. The average molecular weight is 484 g/mol. The van der Waals surface area contributed by atoms with Crippen LogP contribution in [0.15, 0.2) is 54.1 Å². The van der Waals surface area contributed by atoms with Crippen LogP contribution >= 0.6 is 11.3 Å². The van der Waals surface area contributed by atoms with E-state index in [1.807, 2.05) is 0 Å². The van der Waals surface area contributed by atoms with Crippen molar-refractivity contribution in [2.75, 3.05) is 11.5 Å². The van der Waals surface area contributed by atoms with Crippen molar-refractivity contribution in [3.63, 3.8) is 0 Å². The molecule has 3 aromatic rings. The summed E-state index contributed by atoms with van der Waals surface area (Å²) in [7, 11) is 0. The van der Waals surface area contributed by atoms with Crippen LogP contribution in [0.5, 0.6) is 0 Å². The summed E-state index contributed by atoms with van der Waals surface area (Å²) in [6.07, 6.45) is 0. The van der Waals surface area contributed by atoms with E-state index in [0.717, 1.165) is 40.5 Å². The normalized spacial score (nSPS) is 17.3. The number of aliphatic hydroxyl groups is 1. The monoisotopic (exact) mass is 484 g/mol. The van der Waals surface area contributed by atoms with Crippen molar-refractivity contribution in [2.45, 2.75) is 19.9 Å². The average Bonchev–Trinajstić information content (AvgIpc) is 3.31. The Morgan fingerprint density at radius 2 is 1.68 bits per heavy atom. The quantitative estimate of drug-likeness (QED) is 0.247. The standard InChI is InChI=1S/C24H18F2N2O5S/c1-3-33-23(32)21-12(2)27-24(34-21)28-18(13-4-8-15(25)9-5-13)17(20(30)22(28)31)19(29)14-6-10-16(26)11-7-14/h4-11,18,29H,3H2,1-2H3/t18-/m1/s1. The highest BCUT2D eigenvalue weighted by atomic mass is 32.1. The highest BCUT2D eigenvalue weighted by Gasteiger charge is 2.48. The summed E-state index contributed by atoms with van der Waals surface area (Å²) >= 11 is 0.863. The molecule has 34 heavy (non-hydrogen) atoms. The van der Waals surface area contributed by atoms with Crippen LogP contribution in [0.3, 0.4) is 0 Å². The molecule has 1 saturated heterocycles. The van der Waals surface area contributed by atoms with Crippen molar-refractivity contribution in [1.82, 2.24) is 4.98 Å². The molecule has 0 unspecified atom stereocenters. The number of hydrogen-bond acceptors (Lipinski definition) is 7. The molecule has 174 valence electrons. The smallest absolute Gasteiger partial charge is 0.350 e. The molecular weight excluding hydrogens is 466 g/mol. The largest absolute Gasteiger partial charge is 0.507 e. The van der Waals surface area contributed by atoms with E-state index in [1.54, 1.807) is 13.8 Å². The number of aliphatic hydroxyl groups excluding tert-OH is 1. The first kappa shape index (κ1) is 23.2. The highest BCUT2D eigenvalue weighted by molar-refractivity contribution is 7.17. The van der Waals surface area contributed by atoms with Crippen LogP contribution in [0.25, 0.3) is 5.76 Å². The molecule has 0 aliphatic carbocycles. The van der Waals surface area contributed by atoms with Crippen LogP contribution in [-0.2, 0) is 14.3 Å². The van der Waals surface area contributed by atoms with E-state index in [2.05, 4.69) is 4.98 Å². The Morgan fingerprint density at radius 1 is 1.09 bits per heavy atom. The number of anilines is 1. The first-order chi connectivity index (χ1) is 16.2. The first-order valence-corrected chi connectivity index (χ1v) is 11.0. The minimum atomic E-state index is -1.16. The summed E-state index contributed by atoms with van der Waals surface area (Å²) < 4.78 is 32.0. The molecule has 0 radical (unpaired) electrons. The Morgan fingerprint density at radius 3 is 2.26 bits per heavy atom. The van der Waals surface area contributed by atoms with E-state index < -0.39 is 41.1 Å². The minimum Gasteiger partial charge on any atom is -0.507 e. The van der Waals surface area contributed by atoms with Crippen molar-refractivity contribution in [3.8, 4) is 0 Å². The van der Waals surface area contributed by atoms with Gasteiger partial charge in [0.2, 0.25) is 0 Å². The number of rotatable bonds is 5. The van der Waals surface area contributed by atoms with E-state index in [0.29, 0.717) is 11.3 Å². The lowest BCUT2D eigenvalue weighted by molar-refractivity contribution is -0.132. The van der Waals surface area contributed by atoms with Crippen LogP contribution in [0.2, 0.25) is 0 Å². The molecule has 7 nitrogen and oxygen atoms in total. The van der Waals surface area contributed by atoms with Crippen molar-refractivity contribution in [1.29, 1.82) is 0 Å². The molecule has 1 amide bonds. The Balaban J connectivity index is 1.90. The lowest BCUT2D eigenvalue weighted by Crippen LogP contribution is -2.29. The van der Waals surface area contributed by atoms with Gasteiger partial charge in [-0.05, 0) is 55.8 Å². The Labute approximate surface area is 196 Å². The number of Topliss-reactive ketones (excluding diaryl/α,β-unsaturated/α-hetero) is 1. The van der Waals surface area contributed by atoms with E-state index in [4.69, 9.17) is 4.74 Å². The molecule has 2 heterocycles. The van der Waals surface area contributed by atoms with Gasteiger partial charge in [0, 0.05) is 5.56 Å². The lowest BCUT2D eigenvalue weighted by atomic mass is 9.95. The number of ether oxygens (including phenoxy) is 1. The summed E-state index contributed by atoms with van der Waals surface area (Å²) in [5.41, 5.74) is 0.481. The zero-order valence-electron chi connectivity index (χ0n) is 18.0. The van der Waals surface area contributed by atoms with Gasteiger partial charge in [-0.2, -0.15) is 0 Å². The number of benzene rings is 2. The number of ketones is 1. The zero-order valence-corrected chi connectivity index (χ0v) is 18.9. The second-order valence-electron chi connectivity index (χ2n) is 7.36. The molecule has 10 heteroatoms. The molecular formula is C24H18F2N2O5S. The molecule has 1 atom stereocenters. The first-order valence-electron chi connectivity index (χ1n) is 10.2. The molecule has 0 saturated carbocycles. The van der Waals surface area contributed by atoms with Gasteiger partial charge in [-0.1, -0.05) is 23.5 Å². The van der Waals surface area contributed by atoms with Gasteiger partial charge < -0.3 is 9.84 Å². The van der Waals surface area contributed by atoms with Gasteiger partial charge in [-0.15, -0.1) is 0 Å². The van der Waals surface area contributed by atoms with Gasteiger partial charge in [0.1, 0.15) is 22.3 Å². The van der Waals surface area contributed by atoms with Gasteiger partial charge in [0.15, 0.2) is 5.13 Å². The van der Waals surface area contributed by atoms with E-state index in [9.17, 15) is 28.3 Å². The summed E-state index contributed by atoms with van der Waals surface area (Å²) in [5.74, 6) is -4.20. The van der Waals surface area contributed by atoms with Crippen molar-refractivity contribution in [2.24, 2.45) is 0 Å². The van der Waals surface area contributed by atoms with Gasteiger partial charge in [-0.3, -0.25) is 14.5 Å². The van der Waals surface area contributed by atoms with Crippen LogP contribution in [-0.4, -0.2) is 34.4 Å². The van der Waals surface area contributed by atoms with E-state index in [1.165, 1.54) is 24.3 Å². The third kappa shape index (κ3) is 4.08. The topological polar surface area (TPSA) is 96.8 Å². The number of halogens is 2. The highest BCUT2D eigenvalue weighted by Crippen LogP contribution is 2.43. The maximum atomic E-state index is 13.6. The zero-order chi connectivity index (χ0) is 24.6. The Bertz CT molecular complexity index is 1320. The van der Waals surface area contributed by atoms with Crippen LogP contribution < -0.4 is 4.90 Å². The van der Waals surface area contributed by atoms with Gasteiger partial charge >= 0.3 is 11.9 Å². The molecule has 1 aromatic heterocycles. The van der Waals surface area contributed by atoms with Gasteiger partial charge in [0.05, 0.1) is 23.9 Å². The number of carbonyl (C=O) groups excluding carboxylic acids is 3. The van der Waals surface area contributed by atoms with Crippen LogP contribution in [0.1, 0.15) is 39.5 Å². The number of thiazole rings is 1. The van der Waals surface area contributed by atoms with Gasteiger partial charge in [0.25, 0.3) is 5.78 Å². The fourth-order valence-electron chi connectivity index (χ4n) is 3.62. The summed E-state index contributed by atoms with van der Waals surface area (Å²) in [6.45, 7) is 3.36. The summed E-state index contributed by atoms with van der Waals surface area (Å²) in [6, 6.07) is 8.66. The molecule has 1 fully saturated rings. The van der Waals surface area contributed by atoms with Crippen molar-refractivity contribution >= 4 is 39.9 Å². The molecule has 2 aromatic carbocycles. The second-order valence-corrected chi connectivity index (χ2v) is 8.34. The molecule has 1 aliphatic rings. The second kappa shape index (κ2) is 9.14.